The van der Waals surface area contributed by atoms with Crippen molar-refractivity contribution in [2.45, 2.75) is 0 Å². The number of methoxy groups -OCH3 is 1. The highest BCUT2D eigenvalue weighted by molar-refractivity contribution is 9.10. The first kappa shape index (κ1) is 10.9. The molecule has 2 rings (SSSR count). The Morgan fingerprint density at radius 1 is 1.50 bits per heavy atom. The number of hydrogen-bond donors (Lipinski definition) is 1. The van der Waals surface area contributed by atoms with Gasteiger partial charge in [0.05, 0.1) is 23.7 Å². The molecule has 1 aromatic carbocycles. The van der Waals surface area contributed by atoms with Crippen molar-refractivity contribution in [2.24, 2.45) is 7.05 Å². The minimum atomic E-state index is -0.434. The van der Waals surface area contributed by atoms with E-state index in [1.807, 2.05) is 0 Å². The zero-order valence-corrected chi connectivity index (χ0v) is 10.3. The lowest BCUT2D eigenvalue weighted by atomic mass is 10.2. The molecule has 1 aromatic heterocycles. The van der Waals surface area contributed by atoms with Gasteiger partial charge in [0.1, 0.15) is 0 Å². The fraction of sp³-hybridized carbons (Fsp3) is 0.200. The van der Waals surface area contributed by atoms with Crippen LogP contribution in [0, 0.1) is 0 Å². The van der Waals surface area contributed by atoms with Crippen LogP contribution in [0.15, 0.2) is 21.4 Å². The summed E-state index contributed by atoms with van der Waals surface area (Å²) in [5, 5.41) is 0. The summed E-state index contributed by atoms with van der Waals surface area (Å²) in [5.41, 5.74) is 1.49. The second-order valence-corrected chi connectivity index (χ2v) is 4.19. The van der Waals surface area contributed by atoms with Crippen LogP contribution in [0.3, 0.4) is 0 Å². The molecule has 0 saturated heterocycles. The van der Waals surface area contributed by atoms with Crippen LogP contribution in [-0.4, -0.2) is 22.6 Å². The third kappa shape index (κ3) is 1.55. The molecule has 5 nitrogen and oxygen atoms in total. The molecule has 0 bridgehead atoms. The molecule has 0 aliphatic rings. The van der Waals surface area contributed by atoms with Crippen LogP contribution < -0.4 is 5.69 Å². The van der Waals surface area contributed by atoms with E-state index in [2.05, 4.69) is 25.7 Å². The van der Waals surface area contributed by atoms with E-state index in [1.54, 1.807) is 19.2 Å². The molecule has 1 heterocycles. The van der Waals surface area contributed by atoms with Crippen LogP contribution in [0.25, 0.3) is 11.0 Å². The number of rotatable bonds is 1. The number of halogens is 1. The monoisotopic (exact) mass is 284 g/mol. The van der Waals surface area contributed by atoms with E-state index in [9.17, 15) is 9.59 Å². The summed E-state index contributed by atoms with van der Waals surface area (Å²) in [5.74, 6) is -0.434. The lowest BCUT2D eigenvalue weighted by molar-refractivity contribution is 0.0601. The molecular formula is C10H9BrN2O3. The quantitative estimate of drug-likeness (QED) is 0.806. The molecule has 6 heteroatoms. The number of aromatic nitrogens is 2. The number of ether oxygens (including phenoxy) is 1. The standard InChI is InChI=1S/C10H9BrN2O3/c1-13-7-4-5(9(14)16-2)3-6(11)8(7)12-10(13)15/h3-4H,1-2H3,(H,12,15). The first-order valence-corrected chi connectivity index (χ1v) is 5.30. The molecule has 0 fully saturated rings. The van der Waals surface area contributed by atoms with E-state index < -0.39 is 5.97 Å². The highest BCUT2D eigenvalue weighted by Gasteiger charge is 2.12. The van der Waals surface area contributed by atoms with Crippen molar-refractivity contribution >= 4 is 32.9 Å². The van der Waals surface area contributed by atoms with Crippen molar-refractivity contribution in [3.63, 3.8) is 0 Å². The zero-order valence-electron chi connectivity index (χ0n) is 8.70. The van der Waals surface area contributed by atoms with Gasteiger partial charge in [0.15, 0.2) is 0 Å². The second-order valence-electron chi connectivity index (χ2n) is 3.33. The molecule has 0 atom stereocenters. The molecule has 0 unspecified atom stereocenters. The van der Waals surface area contributed by atoms with Gasteiger partial charge >= 0.3 is 11.7 Å². The van der Waals surface area contributed by atoms with Gasteiger partial charge in [-0.05, 0) is 28.1 Å². The predicted molar refractivity (Wildman–Crippen MR) is 62.6 cm³/mol. The number of aryl methyl sites for hydroxylation is 1. The Balaban J connectivity index is 2.80. The topological polar surface area (TPSA) is 64.1 Å². The fourth-order valence-electron chi connectivity index (χ4n) is 1.52. The number of fused-ring (bicyclic) bond motifs is 1. The zero-order chi connectivity index (χ0) is 11.9. The van der Waals surface area contributed by atoms with Crippen molar-refractivity contribution in [3.8, 4) is 0 Å². The van der Waals surface area contributed by atoms with E-state index in [-0.39, 0.29) is 5.69 Å². The van der Waals surface area contributed by atoms with Gasteiger partial charge in [-0.15, -0.1) is 0 Å². The number of nitrogens with zero attached hydrogens (tertiary/aromatic N) is 1. The molecule has 1 N–H and O–H groups in total. The van der Waals surface area contributed by atoms with Crippen molar-refractivity contribution in [2.75, 3.05) is 7.11 Å². The molecule has 16 heavy (non-hydrogen) atoms. The summed E-state index contributed by atoms with van der Waals surface area (Å²) >= 11 is 3.30. The van der Waals surface area contributed by atoms with E-state index in [0.29, 0.717) is 21.1 Å². The van der Waals surface area contributed by atoms with Gasteiger partial charge in [-0.25, -0.2) is 9.59 Å². The largest absolute Gasteiger partial charge is 0.465 e. The summed E-state index contributed by atoms with van der Waals surface area (Å²) in [6.07, 6.45) is 0. The van der Waals surface area contributed by atoms with E-state index >= 15 is 0 Å². The van der Waals surface area contributed by atoms with Gasteiger partial charge in [0.2, 0.25) is 0 Å². The van der Waals surface area contributed by atoms with Crippen molar-refractivity contribution < 1.29 is 9.53 Å². The van der Waals surface area contributed by atoms with Gasteiger partial charge in [-0.1, -0.05) is 0 Å². The first-order chi connectivity index (χ1) is 7.54. The maximum absolute atomic E-state index is 11.4. The normalized spacial score (nSPS) is 10.7. The molecule has 2 aromatic rings. The van der Waals surface area contributed by atoms with Crippen LogP contribution in [-0.2, 0) is 11.8 Å². The number of benzene rings is 1. The molecule has 0 aliphatic carbocycles. The second kappa shape index (κ2) is 3.79. The molecule has 84 valence electrons. The number of nitrogens with one attached hydrogen (secondary N) is 1. The maximum atomic E-state index is 11.4. The van der Waals surface area contributed by atoms with Gasteiger partial charge in [-0.2, -0.15) is 0 Å². The van der Waals surface area contributed by atoms with Crippen molar-refractivity contribution in [3.05, 3.63) is 32.7 Å². The fourth-order valence-corrected chi connectivity index (χ4v) is 2.07. The van der Waals surface area contributed by atoms with Crippen LogP contribution in [0.2, 0.25) is 0 Å². The number of hydrogen-bond acceptors (Lipinski definition) is 3. The van der Waals surface area contributed by atoms with Gasteiger partial charge in [0, 0.05) is 11.5 Å². The Hall–Kier alpha value is -1.56. The highest BCUT2D eigenvalue weighted by atomic mass is 79.9. The van der Waals surface area contributed by atoms with Crippen molar-refractivity contribution in [1.29, 1.82) is 0 Å². The van der Waals surface area contributed by atoms with Crippen LogP contribution in [0.1, 0.15) is 10.4 Å². The molecule has 0 aliphatic heterocycles. The summed E-state index contributed by atoms with van der Waals surface area (Å²) in [7, 11) is 2.95. The SMILES string of the molecule is COC(=O)c1cc(Br)c2[nH]c(=O)n(C)c2c1. The number of H-pyrrole nitrogens is 1. The Kier molecular flexibility index (Phi) is 2.59. The summed E-state index contributed by atoms with van der Waals surface area (Å²) in [6, 6.07) is 3.23. The predicted octanol–water partition coefficient (Wildman–Crippen LogP) is 1.42. The number of carbonyl (C=O) groups excluding carboxylic acids is 1. The summed E-state index contributed by atoms with van der Waals surface area (Å²) < 4.78 is 6.72. The Morgan fingerprint density at radius 2 is 2.19 bits per heavy atom. The minimum Gasteiger partial charge on any atom is -0.465 e. The number of aromatic amines is 1. The Morgan fingerprint density at radius 3 is 2.81 bits per heavy atom. The third-order valence-electron chi connectivity index (χ3n) is 2.39. The number of carbonyl (C=O) groups is 1. The third-order valence-corrected chi connectivity index (χ3v) is 3.01. The summed E-state index contributed by atoms with van der Waals surface area (Å²) in [6.45, 7) is 0. The first-order valence-electron chi connectivity index (χ1n) is 4.51. The Bertz CT molecular complexity index is 627. The average molecular weight is 285 g/mol. The molecule has 0 amide bonds. The van der Waals surface area contributed by atoms with E-state index in [1.165, 1.54) is 11.7 Å². The van der Waals surface area contributed by atoms with Crippen LogP contribution >= 0.6 is 15.9 Å². The average Bonchev–Trinajstić information content (AvgIpc) is 2.56. The van der Waals surface area contributed by atoms with E-state index in [0.717, 1.165) is 0 Å². The Labute approximate surface area is 99.2 Å². The molecular weight excluding hydrogens is 276 g/mol. The number of imidazole rings is 1. The van der Waals surface area contributed by atoms with Crippen LogP contribution in [0.4, 0.5) is 0 Å². The molecule has 0 saturated carbocycles. The lowest BCUT2D eigenvalue weighted by Crippen LogP contribution is -2.11. The van der Waals surface area contributed by atoms with Gasteiger partial charge in [-0.3, -0.25) is 4.57 Å². The minimum absolute atomic E-state index is 0.224. The smallest absolute Gasteiger partial charge is 0.337 e. The molecule has 0 spiro atoms. The highest BCUT2D eigenvalue weighted by Crippen LogP contribution is 2.23. The number of esters is 1. The lowest BCUT2D eigenvalue weighted by Gasteiger charge is -2.02. The van der Waals surface area contributed by atoms with Gasteiger partial charge < -0.3 is 9.72 Å². The molecule has 0 radical (unpaired) electrons. The van der Waals surface area contributed by atoms with Crippen molar-refractivity contribution in [1.82, 2.24) is 9.55 Å². The van der Waals surface area contributed by atoms with Crippen LogP contribution in [0.5, 0.6) is 0 Å². The van der Waals surface area contributed by atoms with Gasteiger partial charge in [0.25, 0.3) is 0 Å². The summed E-state index contributed by atoms with van der Waals surface area (Å²) in [4.78, 5) is 25.5. The van der Waals surface area contributed by atoms with E-state index in [4.69, 9.17) is 0 Å². The maximum Gasteiger partial charge on any atom is 0.337 e.